The van der Waals surface area contributed by atoms with Gasteiger partial charge >= 0.3 is 0 Å². The molecule has 66 valence electrons. The Kier molecular flexibility index (Phi) is 2.99. The summed E-state index contributed by atoms with van der Waals surface area (Å²) in [5, 5.41) is 7.10. The molecule has 0 amide bonds. The van der Waals surface area contributed by atoms with E-state index in [-0.39, 0.29) is 5.56 Å². The minimum absolute atomic E-state index is 0.0441. The fraction of sp³-hybridized carbons (Fsp3) is 0.500. The van der Waals surface area contributed by atoms with Crippen molar-refractivity contribution in [1.82, 2.24) is 15.1 Å². The lowest BCUT2D eigenvalue weighted by atomic mass is 10.4. The molecule has 4 nitrogen and oxygen atoms in total. The number of hydrogen-bond donors (Lipinski definition) is 1. The van der Waals surface area contributed by atoms with Gasteiger partial charge in [-0.25, -0.2) is 4.68 Å². The quantitative estimate of drug-likeness (QED) is 0.688. The molecule has 0 radical (unpaired) electrons. The van der Waals surface area contributed by atoms with Crippen molar-refractivity contribution in [3.63, 3.8) is 0 Å². The van der Waals surface area contributed by atoms with Gasteiger partial charge in [-0.1, -0.05) is 0 Å². The van der Waals surface area contributed by atoms with E-state index in [9.17, 15) is 4.79 Å². The van der Waals surface area contributed by atoms with Crippen LogP contribution in [0.5, 0.6) is 0 Å². The van der Waals surface area contributed by atoms with E-state index < -0.39 is 0 Å². The average molecular weight is 167 g/mol. The average Bonchev–Trinajstić information content (AvgIpc) is 2.09. The Bertz CT molecular complexity index is 305. The summed E-state index contributed by atoms with van der Waals surface area (Å²) >= 11 is 0. The summed E-state index contributed by atoms with van der Waals surface area (Å²) in [4.78, 5) is 11.1. The largest absolute Gasteiger partial charge is 0.314 e. The van der Waals surface area contributed by atoms with Crippen LogP contribution >= 0.6 is 0 Å². The normalized spacial score (nSPS) is 10.2. The monoisotopic (exact) mass is 167 g/mol. The summed E-state index contributed by atoms with van der Waals surface area (Å²) in [6.07, 6.45) is 0. The zero-order valence-electron chi connectivity index (χ0n) is 7.37. The first-order valence-corrected chi connectivity index (χ1v) is 3.99. The lowest BCUT2D eigenvalue weighted by Gasteiger charge is -2.02. The summed E-state index contributed by atoms with van der Waals surface area (Å²) in [6, 6.07) is 3.29. The van der Waals surface area contributed by atoms with E-state index in [4.69, 9.17) is 0 Å². The maximum absolute atomic E-state index is 11.1. The van der Waals surface area contributed by atoms with Crippen LogP contribution in [0.4, 0.5) is 0 Å². The summed E-state index contributed by atoms with van der Waals surface area (Å²) in [6.45, 7) is 3.22. The third-order valence-corrected chi connectivity index (χ3v) is 1.58. The molecule has 0 aromatic carbocycles. The maximum Gasteiger partial charge on any atom is 0.266 e. The maximum atomic E-state index is 11.1. The summed E-state index contributed by atoms with van der Waals surface area (Å²) in [5.74, 6) is 0. The first-order chi connectivity index (χ1) is 5.77. The number of aromatic nitrogens is 2. The number of aryl methyl sites for hydroxylation is 1. The summed E-state index contributed by atoms with van der Waals surface area (Å²) in [7, 11) is 1.85. The van der Waals surface area contributed by atoms with Gasteiger partial charge in [-0.2, -0.15) is 5.10 Å². The molecule has 0 fully saturated rings. The van der Waals surface area contributed by atoms with Crippen LogP contribution in [0.15, 0.2) is 16.9 Å². The van der Waals surface area contributed by atoms with Crippen molar-refractivity contribution >= 4 is 0 Å². The first-order valence-electron chi connectivity index (χ1n) is 3.99. The lowest BCUT2D eigenvalue weighted by Crippen LogP contribution is -2.23. The third-order valence-electron chi connectivity index (χ3n) is 1.58. The van der Waals surface area contributed by atoms with Crippen molar-refractivity contribution in [3.05, 3.63) is 28.2 Å². The van der Waals surface area contributed by atoms with Crippen molar-refractivity contribution in [3.8, 4) is 0 Å². The molecule has 1 aromatic rings. The number of rotatable bonds is 3. The van der Waals surface area contributed by atoms with E-state index in [0.717, 1.165) is 5.69 Å². The van der Waals surface area contributed by atoms with Gasteiger partial charge in [0.2, 0.25) is 0 Å². The molecule has 4 heteroatoms. The minimum atomic E-state index is -0.0441. The second-order valence-corrected chi connectivity index (χ2v) is 2.51. The molecule has 1 N–H and O–H groups in total. The molecule has 1 aromatic heterocycles. The van der Waals surface area contributed by atoms with Gasteiger partial charge < -0.3 is 5.32 Å². The Labute approximate surface area is 71.2 Å². The van der Waals surface area contributed by atoms with Crippen molar-refractivity contribution in [2.24, 2.45) is 0 Å². The van der Waals surface area contributed by atoms with Crippen molar-refractivity contribution in [1.29, 1.82) is 0 Å². The van der Waals surface area contributed by atoms with E-state index in [0.29, 0.717) is 13.1 Å². The first kappa shape index (κ1) is 8.93. The van der Waals surface area contributed by atoms with Gasteiger partial charge in [-0.15, -0.1) is 0 Å². The van der Waals surface area contributed by atoms with Crippen LogP contribution in [0, 0.1) is 0 Å². The Balaban J connectivity index is 2.97. The molecule has 0 aliphatic rings. The molecule has 0 spiro atoms. The van der Waals surface area contributed by atoms with Gasteiger partial charge in [-0.05, 0) is 20.0 Å². The van der Waals surface area contributed by atoms with Crippen LogP contribution in [0.1, 0.15) is 12.6 Å². The molecule has 0 bridgehead atoms. The predicted molar refractivity (Wildman–Crippen MR) is 46.9 cm³/mol. The molecule has 0 atom stereocenters. The van der Waals surface area contributed by atoms with E-state index in [1.165, 1.54) is 4.68 Å². The van der Waals surface area contributed by atoms with Crippen LogP contribution in [-0.2, 0) is 13.1 Å². The molecule has 0 saturated heterocycles. The highest BCUT2D eigenvalue weighted by atomic mass is 16.1. The van der Waals surface area contributed by atoms with Gasteiger partial charge in [-0.3, -0.25) is 4.79 Å². The SMILES string of the molecule is CCn1nc(CNC)ccc1=O. The zero-order chi connectivity index (χ0) is 8.97. The second-order valence-electron chi connectivity index (χ2n) is 2.51. The molecule has 1 heterocycles. The van der Waals surface area contributed by atoms with Gasteiger partial charge in [0.25, 0.3) is 5.56 Å². The van der Waals surface area contributed by atoms with Crippen LogP contribution in [0.2, 0.25) is 0 Å². The van der Waals surface area contributed by atoms with Crippen LogP contribution in [-0.4, -0.2) is 16.8 Å². The van der Waals surface area contributed by atoms with Crippen LogP contribution in [0.25, 0.3) is 0 Å². The fourth-order valence-corrected chi connectivity index (χ4v) is 0.993. The Morgan fingerprint density at radius 1 is 1.58 bits per heavy atom. The van der Waals surface area contributed by atoms with Gasteiger partial charge in [0, 0.05) is 19.2 Å². The predicted octanol–water partition coefficient (Wildman–Crippen LogP) is -0.0174. The Morgan fingerprint density at radius 3 is 2.92 bits per heavy atom. The van der Waals surface area contributed by atoms with Crippen LogP contribution < -0.4 is 10.9 Å². The van der Waals surface area contributed by atoms with Crippen molar-refractivity contribution in [2.75, 3.05) is 7.05 Å². The third kappa shape index (κ3) is 1.92. The van der Waals surface area contributed by atoms with Gasteiger partial charge in [0.15, 0.2) is 0 Å². The Hall–Kier alpha value is -1.16. The van der Waals surface area contributed by atoms with E-state index in [2.05, 4.69) is 10.4 Å². The van der Waals surface area contributed by atoms with Gasteiger partial charge in [0.1, 0.15) is 0 Å². The second kappa shape index (κ2) is 4.01. The fourth-order valence-electron chi connectivity index (χ4n) is 0.993. The minimum Gasteiger partial charge on any atom is -0.314 e. The number of nitrogens with one attached hydrogen (secondary N) is 1. The zero-order valence-corrected chi connectivity index (χ0v) is 7.37. The molecule has 12 heavy (non-hydrogen) atoms. The molecule has 0 saturated carbocycles. The molecule has 0 aliphatic heterocycles. The highest BCUT2D eigenvalue weighted by Gasteiger charge is 1.96. The topological polar surface area (TPSA) is 46.9 Å². The highest BCUT2D eigenvalue weighted by molar-refractivity contribution is 4.99. The van der Waals surface area contributed by atoms with E-state index >= 15 is 0 Å². The Morgan fingerprint density at radius 2 is 2.33 bits per heavy atom. The molecule has 0 unspecified atom stereocenters. The highest BCUT2D eigenvalue weighted by Crippen LogP contribution is 1.88. The van der Waals surface area contributed by atoms with Crippen molar-refractivity contribution in [2.45, 2.75) is 20.0 Å². The van der Waals surface area contributed by atoms with E-state index in [1.54, 1.807) is 12.1 Å². The number of hydrogen-bond acceptors (Lipinski definition) is 3. The van der Waals surface area contributed by atoms with Gasteiger partial charge in [0.05, 0.1) is 5.69 Å². The van der Waals surface area contributed by atoms with E-state index in [1.807, 2.05) is 14.0 Å². The van der Waals surface area contributed by atoms with Crippen LogP contribution in [0.3, 0.4) is 0 Å². The summed E-state index contributed by atoms with van der Waals surface area (Å²) in [5.41, 5.74) is 0.844. The summed E-state index contributed by atoms with van der Waals surface area (Å²) < 4.78 is 1.45. The van der Waals surface area contributed by atoms with Crippen molar-refractivity contribution < 1.29 is 0 Å². The lowest BCUT2D eigenvalue weighted by molar-refractivity contribution is 0.588. The molecular formula is C8H13N3O. The standard InChI is InChI=1S/C8H13N3O/c1-3-11-8(12)5-4-7(10-11)6-9-2/h4-5,9H,3,6H2,1-2H3. The molecular weight excluding hydrogens is 154 g/mol. The number of nitrogens with zero attached hydrogens (tertiary/aromatic N) is 2. The molecule has 1 rings (SSSR count). The smallest absolute Gasteiger partial charge is 0.266 e. The molecule has 0 aliphatic carbocycles.